The Morgan fingerprint density at radius 1 is 1.19 bits per heavy atom. The first-order valence-corrected chi connectivity index (χ1v) is 8.11. The number of hydrogen-bond acceptors (Lipinski definition) is 2. The molecule has 0 aliphatic heterocycles. The van der Waals surface area contributed by atoms with Gasteiger partial charge in [-0.2, -0.15) is 0 Å². The number of allylic oxidation sites excluding steroid dienone is 1. The van der Waals surface area contributed by atoms with Crippen molar-refractivity contribution in [3.05, 3.63) is 47.5 Å². The zero-order valence-electron chi connectivity index (χ0n) is 11.6. The average Bonchev–Trinajstić information content (AvgIpc) is 2.48. The maximum Gasteiger partial charge on any atom is 0.265 e. The second-order valence-corrected chi connectivity index (χ2v) is 7.47. The Hall–Kier alpha value is -0.700. The highest BCUT2D eigenvalue weighted by Gasteiger charge is 2.28. The molecule has 1 aromatic rings. The van der Waals surface area contributed by atoms with Gasteiger partial charge < -0.3 is 4.74 Å². The van der Waals surface area contributed by atoms with E-state index in [4.69, 9.17) is 44.9 Å². The van der Waals surface area contributed by atoms with Crippen LogP contribution in [0.15, 0.2) is 42.0 Å². The van der Waals surface area contributed by atoms with E-state index in [1.165, 1.54) is 11.1 Å². The molecule has 0 atom stereocenters. The van der Waals surface area contributed by atoms with Gasteiger partial charge in [0, 0.05) is 0 Å². The van der Waals surface area contributed by atoms with Crippen LogP contribution in [-0.2, 0) is 4.74 Å². The molecule has 2 nitrogen and oxygen atoms in total. The second kappa shape index (κ2) is 7.53. The van der Waals surface area contributed by atoms with Crippen LogP contribution in [0.4, 0.5) is 0 Å². The zero-order chi connectivity index (χ0) is 15.3. The SMILES string of the molecule is N=C(OCC=C1CCC(c2ccccc2)CC1)C(Cl)(Cl)Cl. The van der Waals surface area contributed by atoms with Gasteiger partial charge in [-0.1, -0.05) is 70.7 Å². The molecule has 1 N–H and O–H groups in total. The van der Waals surface area contributed by atoms with E-state index in [2.05, 4.69) is 30.3 Å². The van der Waals surface area contributed by atoms with Gasteiger partial charge in [0.25, 0.3) is 3.79 Å². The quantitative estimate of drug-likeness (QED) is 0.327. The number of halogens is 3. The monoisotopic (exact) mass is 345 g/mol. The first kappa shape index (κ1) is 16.7. The molecule has 0 bridgehead atoms. The summed E-state index contributed by atoms with van der Waals surface area (Å²) in [5.74, 6) is 0.311. The molecule has 1 aliphatic rings. The van der Waals surface area contributed by atoms with Crippen molar-refractivity contribution in [1.29, 1.82) is 5.41 Å². The molecule has 21 heavy (non-hydrogen) atoms. The molecule has 114 valence electrons. The summed E-state index contributed by atoms with van der Waals surface area (Å²) in [4.78, 5) is 0. The Morgan fingerprint density at radius 3 is 2.38 bits per heavy atom. The lowest BCUT2D eigenvalue weighted by atomic mass is 9.81. The van der Waals surface area contributed by atoms with E-state index in [1.807, 2.05) is 6.08 Å². The van der Waals surface area contributed by atoms with Crippen molar-refractivity contribution in [2.75, 3.05) is 6.61 Å². The summed E-state index contributed by atoms with van der Waals surface area (Å²) in [6, 6.07) is 10.6. The van der Waals surface area contributed by atoms with Crippen molar-refractivity contribution in [3.8, 4) is 0 Å². The van der Waals surface area contributed by atoms with Gasteiger partial charge in [-0.15, -0.1) is 0 Å². The minimum atomic E-state index is -1.77. The largest absolute Gasteiger partial charge is 0.474 e. The van der Waals surface area contributed by atoms with Crippen LogP contribution >= 0.6 is 34.8 Å². The molecule has 2 rings (SSSR count). The van der Waals surface area contributed by atoms with E-state index < -0.39 is 3.79 Å². The molecule has 0 aromatic heterocycles. The third kappa shape index (κ3) is 5.21. The van der Waals surface area contributed by atoms with E-state index in [9.17, 15) is 0 Å². The number of rotatable bonds is 3. The van der Waals surface area contributed by atoms with Gasteiger partial charge in [0.1, 0.15) is 6.61 Å². The van der Waals surface area contributed by atoms with Crippen LogP contribution in [0.2, 0.25) is 0 Å². The normalized spacial score (nSPS) is 19.2. The molecule has 0 radical (unpaired) electrons. The molecule has 1 fully saturated rings. The Kier molecular flexibility index (Phi) is 5.98. The first-order chi connectivity index (χ1) is 9.97. The number of ether oxygens (including phenoxy) is 1. The summed E-state index contributed by atoms with van der Waals surface area (Å²) in [6.45, 7) is 0.290. The molecule has 0 spiro atoms. The van der Waals surface area contributed by atoms with Gasteiger partial charge in [0.15, 0.2) is 0 Å². The summed E-state index contributed by atoms with van der Waals surface area (Å²) >= 11 is 16.7. The Balaban J connectivity index is 1.79. The summed E-state index contributed by atoms with van der Waals surface area (Å²) < 4.78 is 3.36. The molecular formula is C16H18Cl3NO. The van der Waals surface area contributed by atoms with Crippen molar-refractivity contribution < 1.29 is 4.74 Å². The average molecular weight is 347 g/mol. The van der Waals surface area contributed by atoms with Gasteiger partial charge >= 0.3 is 0 Å². The molecule has 1 aromatic carbocycles. The van der Waals surface area contributed by atoms with Crippen LogP contribution in [0.25, 0.3) is 0 Å². The minimum absolute atomic E-state index is 0.290. The molecule has 5 heteroatoms. The highest BCUT2D eigenvalue weighted by Crippen LogP contribution is 2.35. The summed E-state index contributed by atoms with van der Waals surface area (Å²) in [6.07, 6.45) is 6.43. The topological polar surface area (TPSA) is 33.1 Å². The highest BCUT2D eigenvalue weighted by atomic mass is 35.6. The fourth-order valence-electron chi connectivity index (χ4n) is 2.58. The standard InChI is InChI=1S/C16H18Cl3NO/c17-16(18,19)15(20)21-11-10-12-6-8-14(9-7-12)13-4-2-1-3-5-13/h1-5,10,14,20H,6-9,11H2. The predicted molar refractivity (Wildman–Crippen MR) is 89.7 cm³/mol. The number of nitrogens with one attached hydrogen (secondary N) is 1. The Bertz CT molecular complexity index is 498. The molecule has 0 unspecified atom stereocenters. The summed E-state index contributed by atoms with van der Waals surface area (Å²) in [7, 11) is 0. The Labute approximate surface area is 140 Å². The van der Waals surface area contributed by atoms with Crippen molar-refractivity contribution in [2.45, 2.75) is 35.4 Å². The Morgan fingerprint density at radius 2 is 1.81 bits per heavy atom. The van der Waals surface area contributed by atoms with Gasteiger partial charge in [-0.3, -0.25) is 5.41 Å². The van der Waals surface area contributed by atoms with Gasteiger partial charge in [0.2, 0.25) is 5.90 Å². The molecule has 0 amide bonds. The summed E-state index contributed by atoms with van der Waals surface area (Å²) in [5.41, 5.74) is 2.78. The van der Waals surface area contributed by atoms with E-state index in [0.29, 0.717) is 5.92 Å². The third-order valence-electron chi connectivity index (χ3n) is 3.76. The molecule has 1 saturated carbocycles. The third-order valence-corrected chi connectivity index (χ3v) is 4.27. The lowest BCUT2D eigenvalue weighted by Crippen LogP contribution is -2.21. The lowest BCUT2D eigenvalue weighted by Gasteiger charge is -2.24. The number of alkyl halides is 3. The fourth-order valence-corrected chi connectivity index (χ4v) is 2.74. The van der Waals surface area contributed by atoms with Crippen LogP contribution in [-0.4, -0.2) is 16.3 Å². The maximum absolute atomic E-state index is 7.45. The molecule has 1 aliphatic carbocycles. The maximum atomic E-state index is 7.45. The predicted octanol–water partition coefficient (Wildman–Crippen LogP) is 5.63. The van der Waals surface area contributed by atoms with Crippen LogP contribution in [0.1, 0.15) is 37.2 Å². The number of benzene rings is 1. The smallest absolute Gasteiger partial charge is 0.265 e. The number of hydrogen-bond donors (Lipinski definition) is 1. The van der Waals surface area contributed by atoms with Crippen molar-refractivity contribution in [2.24, 2.45) is 0 Å². The second-order valence-electron chi connectivity index (χ2n) is 5.19. The van der Waals surface area contributed by atoms with Crippen LogP contribution in [0, 0.1) is 5.41 Å². The van der Waals surface area contributed by atoms with Crippen LogP contribution in [0.3, 0.4) is 0 Å². The van der Waals surface area contributed by atoms with Crippen LogP contribution < -0.4 is 0 Å². The molecule has 0 saturated heterocycles. The highest BCUT2D eigenvalue weighted by molar-refractivity contribution is 6.76. The van der Waals surface area contributed by atoms with E-state index in [-0.39, 0.29) is 12.5 Å². The van der Waals surface area contributed by atoms with Gasteiger partial charge in [-0.05, 0) is 43.2 Å². The summed E-state index contributed by atoms with van der Waals surface area (Å²) in [5, 5.41) is 7.45. The fraction of sp³-hybridized carbons (Fsp3) is 0.438. The molecular weight excluding hydrogens is 329 g/mol. The van der Waals surface area contributed by atoms with Crippen molar-refractivity contribution >= 4 is 40.7 Å². The van der Waals surface area contributed by atoms with Crippen LogP contribution in [0.5, 0.6) is 0 Å². The van der Waals surface area contributed by atoms with Gasteiger partial charge in [-0.25, -0.2) is 0 Å². The minimum Gasteiger partial charge on any atom is -0.474 e. The van der Waals surface area contributed by atoms with Crippen molar-refractivity contribution in [1.82, 2.24) is 0 Å². The van der Waals surface area contributed by atoms with E-state index >= 15 is 0 Å². The molecule has 0 heterocycles. The van der Waals surface area contributed by atoms with E-state index in [0.717, 1.165) is 25.7 Å². The van der Waals surface area contributed by atoms with Gasteiger partial charge in [0.05, 0.1) is 0 Å². The van der Waals surface area contributed by atoms with Crippen molar-refractivity contribution in [3.63, 3.8) is 0 Å². The zero-order valence-corrected chi connectivity index (χ0v) is 13.9. The lowest BCUT2D eigenvalue weighted by molar-refractivity contribution is 0.337. The first-order valence-electron chi connectivity index (χ1n) is 6.98. The van der Waals surface area contributed by atoms with E-state index in [1.54, 1.807) is 0 Å².